The van der Waals surface area contributed by atoms with Gasteiger partial charge in [0.2, 0.25) is 0 Å². The molecule has 0 saturated carbocycles. The SMILES string of the molecule is CCOC(=O)C=Cc1ccc(S)cc1. The molecule has 1 aromatic rings. The summed E-state index contributed by atoms with van der Waals surface area (Å²) in [6.07, 6.45) is 3.13. The van der Waals surface area contributed by atoms with Crippen molar-refractivity contribution >= 4 is 24.7 Å². The summed E-state index contributed by atoms with van der Waals surface area (Å²) in [6.45, 7) is 2.18. The van der Waals surface area contributed by atoms with Gasteiger partial charge in [-0.2, -0.15) is 0 Å². The first-order chi connectivity index (χ1) is 6.72. The van der Waals surface area contributed by atoms with Crippen LogP contribution < -0.4 is 0 Å². The Kier molecular flexibility index (Phi) is 4.26. The average molecular weight is 208 g/mol. The van der Waals surface area contributed by atoms with E-state index in [1.165, 1.54) is 6.08 Å². The van der Waals surface area contributed by atoms with Gasteiger partial charge in [-0.3, -0.25) is 0 Å². The highest BCUT2D eigenvalue weighted by atomic mass is 32.1. The molecular formula is C11H12O2S. The fourth-order valence-electron chi connectivity index (χ4n) is 0.940. The predicted octanol–water partition coefficient (Wildman–Crippen LogP) is 2.55. The van der Waals surface area contributed by atoms with E-state index < -0.39 is 0 Å². The number of carbonyl (C=O) groups is 1. The molecule has 0 spiro atoms. The minimum absolute atomic E-state index is 0.317. The zero-order chi connectivity index (χ0) is 10.4. The van der Waals surface area contributed by atoms with Gasteiger partial charge in [0.25, 0.3) is 0 Å². The van der Waals surface area contributed by atoms with Crippen molar-refractivity contribution in [3.63, 3.8) is 0 Å². The van der Waals surface area contributed by atoms with Crippen molar-refractivity contribution in [3.8, 4) is 0 Å². The largest absolute Gasteiger partial charge is 0.463 e. The van der Waals surface area contributed by atoms with Crippen molar-refractivity contribution in [2.24, 2.45) is 0 Å². The first kappa shape index (κ1) is 10.9. The van der Waals surface area contributed by atoms with E-state index in [1.54, 1.807) is 13.0 Å². The Morgan fingerprint density at radius 1 is 1.43 bits per heavy atom. The van der Waals surface area contributed by atoms with E-state index in [1.807, 2.05) is 24.3 Å². The molecule has 0 fully saturated rings. The molecule has 2 nitrogen and oxygen atoms in total. The Hall–Kier alpha value is -1.22. The number of esters is 1. The number of ether oxygens (including phenoxy) is 1. The third-order valence-electron chi connectivity index (χ3n) is 1.59. The molecule has 1 rings (SSSR count). The lowest BCUT2D eigenvalue weighted by atomic mass is 10.2. The summed E-state index contributed by atoms with van der Waals surface area (Å²) in [6, 6.07) is 7.51. The van der Waals surface area contributed by atoms with Crippen molar-refractivity contribution in [2.45, 2.75) is 11.8 Å². The van der Waals surface area contributed by atoms with Crippen molar-refractivity contribution in [1.29, 1.82) is 0 Å². The van der Waals surface area contributed by atoms with E-state index in [9.17, 15) is 4.79 Å². The number of hydrogen-bond donors (Lipinski definition) is 1. The van der Waals surface area contributed by atoms with Gasteiger partial charge in [-0.1, -0.05) is 12.1 Å². The maximum Gasteiger partial charge on any atom is 0.330 e. The molecular weight excluding hydrogens is 196 g/mol. The first-order valence-electron chi connectivity index (χ1n) is 4.36. The maximum absolute atomic E-state index is 11.0. The molecule has 14 heavy (non-hydrogen) atoms. The van der Waals surface area contributed by atoms with Gasteiger partial charge in [-0.05, 0) is 30.7 Å². The molecule has 0 saturated heterocycles. The molecule has 0 aromatic heterocycles. The third kappa shape index (κ3) is 3.66. The lowest BCUT2D eigenvalue weighted by molar-refractivity contribution is -0.137. The minimum Gasteiger partial charge on any atom is -0.463 e. The fraction of sp³-hybridized carbons (Fsp3) is 0.182. The Morgan fingerprint density at radius 3 is 2.64 bits per heavy atom. The van der Waals surface area contributed by atoms with E-state index in [0.717, 1.165) is 10.5 Å². The van der Waals surface area contributed by atoms with Gasteiger partial charge in [0, 0.05) is 11.0 Å². The Balaban J connectivity index is 2.60. The highest BCUT2D eigenvalue weighted by Gasteiger charge is 1.93. The summed E-state index contributed by atoms with van der Waals surface area (Å²) in [5.74, 6) is -0.317. The van der Waals surface area contributed by atoms with Gasteiger partial charge >= 0.3 is 5.97 Å². The molecule has 0 aliphatic rings. The molecule has 0 unspecified atom stereocenters. The van der Waals surface area contributed by atoms with Gasteiger partial charge < -0.3 is 4.74 Å². The van der Waals surface area contributed by atoms with E-state index in [-0.39, 0.29) is 5.97 Å². The topological polar surface area (TPSA) is 26.3 Å². The molecule has 0 bridgehead atoms. The van der Waals surface area contributed by atoms with Gasteiger partial charge in [-0.15, -0.1) is 12.6 Å². The van der Waals surface area contributed by atoms with Crippen LogP contribution in [0.25, 0.3) is 6.08 Å². The molecule has 74 valence electrons. The second-order valence-electron chi connectivity index (χ2n) is 2.68. The standard InChI is InChI=1S/C11H12O2S/c1-2-13-11(12)8-5-9-3-6-10(14)7-4-9/h3-8,14H,2H2,1H3. The molecule has 0 aliphatic heterocycles. The second-order valence-corrected chi connectivity index (χ2v) is 3.19. The molecule has 0 aliphatic carbocycles. The Morgan fingerprint density at radius 2 is 2.07 bits per heavy atom. The predicted molar refractivity (Wildman–Crippen MR) is 59.4 cm³/mol. The molecule has 0 atom stereocenters. The summed E-state index contributed by atoms with van der Waals surface area (Å²) in [4.78, 5) is 11.9. The minimum atomic E-state index is -0.317. The van der Waals surface area contributed by atoms with Crippen LogP contribution in [-0.2, 0) is 9.53 Å². The van der Waals surface area contributed by atoms with E-state index in [2.05, 4.69) is 12.6 Å². The lowest BCUT2D eigenvalue weighted by Gasteiger charge is -1.95. The zero-order valence-corrected chi connectivity index (χ0v) is 8.83. The smallest absolute Gasteiger partial charge is 0.330 e. The van der Waals surface area contributed by atoms with Gasteiger partial charge in [-0.25, -0.2) is 4.79 Å². The summed E-state index contributed by atoms with van der Waals surface area (Å²) >= 11 is 4.16. The summed E-state index contributed by atoms with van der Waals surface area (Å²) < 4.78 is 4.75. The van der Waals surface area contributed by atoms with Crippen LogP contribution in [0, 0.1) is 0 Å². The van der Waals surface area contributed by atoms with E-state index in [0.29, 0.717) is 6.61 Å². The highest BCUT2D eigenvalue weighted by molar-refractivity contribution is 7.80. The second kappa shape index (κ2) is 5.50. The van der Waals surface area contributed by atoms with Crippen LogP contribution in [0.15, 0.2) is 35.2 Å². The van der Waals surface area contributed by atoms with Crippen LogP contribution in [0.5, 0.6) is 0 Å². The summed E-state index contributed by atoms with van der Waals surface area (Å²) in [5.41, 5.74) is 0.954. The van der Waals surface area contributed by atoms with Crippen LogP contribution in [0.2, 0.25) is 0 Å². The average Bonchev–Trinajstić information content (AvgIpc) is 2.17. The zero-order valence-electron chi connectivity index (χ0n) is 7.93. The van der Waals surface area contributed by atoms with Crippen LogP contribution in [0.1, 0.15) is 12.5 Å². The van der Waals surface area contributed by atoms with Gasteiger partial charge in [0.05, 0.1) is 6.61 Å². The fourth-order valence-corrected chi connectivity index (χ4v) is 1.09. The Bertz CT molecular complexity index is 328. The third-order valence-corrected chi connectivity index (χ3v) is 1.89. The van der Waals surface area contributed by atoms with Crippen molar-refractivity contribution in [3.05, 3.63) is 35.9 Å². The highest BCUT2D eigenvalue weighted by Crippen LogP contribution is 2.08. The molecule has 0 radical (unpaired) electrons. The van der Waals surface area contributed by atoms with Crippen molar-refractivity contribution in [1.82, 2.24) is 0 Å². The van der Waals surface area contributed by atoms with Crippen molar-refractivity contribution in [2.75, 3.05) is 6.61 Å². The first-order valence-corrected chi connectivity index (χ1v) is 4.81. The molecule has 0 heterocycles. The summed E-state index contributed by atoms with van der Waals surface area (Å²) in [5, 5.41) is 0. The van der Waals surface area contributed by atoms with Crippen LogP contribution in [-0.4, -0.2) is 12.6 Å². The number of thiol groups is 1. The van der Waals surface area contributed by atoms with Crippen LogP contribution >= 0.6 is 12.6 Å². The number of benzene rings is 1. The number of hydrogen-bond acceptors (Lipinski definition) is 3. The van der Waals surface area contributed by atoms with Crippen molar-refractivity contribution < 1.29 is 9.53 Å². The van der Waals surface area contributed by atoms with Crippen LogP contribution in [0.3, 0.4) is 0 Å². The number of rotatable bonds is 3. The lowest BCUT2D eigenvalue weighted by Crippen LogP contribution is -1.98. The maximum atomic E-state index is 11.0. The molecule has 1 aromatic carbocycles. The quantitative estimate of drug-likeness (QED) is 0.469. The van der Waals surface area contributed by atoms with E-state index >= 15 is 0 Å². The van der Waals surface area contributed by atoms with Crippen LogP contribution in [0.4, 0.5) is 0 Å². The van der Waals surface area contributed by atoms with Gasteiger partial charge in [0.15, 0.2) is 0 Å². The normalized spacial score (nSPS) is 10.4. The van der Waals surface area contributed by atoms with E-state index in [4.69, 9.17) is 4.74 Å². The van der Waals surface area contributed by atoms with Gasteiger partial charge in [0.1, 0.15) is 0 Å². The molecule has 3 heteroatoms. The number of carbonyl (C=O) groups excluding carboxylic acids is 1. The monoisotopic (exact) mass is 208 g/mol. The Labute approximate surface area is 89.0 Å². The summed E-state index contributed by atoms with van der Waals surface area (Å²) in [7, 11) is 0. The molecule has 0 N–H and O–H groups in total. The molecule has 0 amide bonds.